The Kier molecular flexibility index (Phi) is 7.57. The molecule has 0 heterocycles. The monoisotopic (exact) mass is 513 g/mol. The molecule has 0 saturated carbocycles. The van der Waals surface area contributed by atoms with E-state index in [1.54, 1.807) is 6.07 Å². The Bertz CT molecular complexity index is 1300. The lowest BCUT2D eigenvalue weighted by molar-refractivity contribution is -0.137. The third-order valence-electron chi connectivity index (χ3n) is 4.43. The molecule has 178 valence electrons. The van der Waals surface area contributed by atoms with Crippen LogP contribution in [0.5, 0.6) is 0 Å². The molecule has 12 heteroatoms. The van der Waals surface area contributed by atoms with Gasteiger partial charge in [-0.3, -0.25) is 9.10 Å². The molecular formula is C22H16ClF4N3O3S. The molecule has 0 fully saturated rings. The number of halogens is 5. The van der Waals surface area contributed by atoms with Crippen molar-refractivity contribution in [2.75, 3.05) is 10.8 Å². The third kappa shape index (κ3) is 6.12. The van der Waals surface area contributed by atoms with Gasteiger partial charge in [0.05, 0.1) is 27.4 Å². The Balaban J connectivity index is 1.94. The van der Waals surface area contributed by atoms with Crippen molar-refractivity contribution < 1.29 is 30.8 Å². The number of hydrogen-bond acceptors (Lipinski definition) is 4. The topological polar surface area (TPSA) is 78.8 Å². The number of sulfonamides is 1. The molecule has 3 rings (SSSR count). The predicted octanol–water partition coefficient (Wildman–Crippen LogP) is 4.84. The van der Waals surface area contributed by atoms with E-state index in [1.807, 2.05) is 0 Å². The fourth-order valence-electron chi connectivity index (χ4n) is 2.79. The van der Waals surface area contributed by atoms with E-state index in [1.165, 1.54) is 54.7 Å². The molecule has 0 radical (unpaired) electrons. The summed E-state index contributed by atoms with van der Waals surface area (Å²) in [5.41, 5.74) is 0.867. The summed E-state index contributed by atoms with van der Waals surface area (Å²) in [5, 5.41) is 3.36. The lowest BCUT2D eigenvalue weighted by Crippen LogP contribution is -2.40. The van der Waals surface area contributed by atoms with Crippen molar-refractivity contribution in [3.05, 3.63) is 94.8 Å². The summed E-state index contributed by atoms with van der Waals surface area (Å²) >= 11 is 6.05. The first kappa shape index (κ1) is 25.2. The van der Waals surface area contributed by atoms with E-state index in [9.17, 15) is 30.8 Å². The van der Waals surface area contributed by atoms with Crippen molar-refractivity contribution in [2.24, 2.45) is 5.10 Å². The van der Waals surface area contributed by atoms with Gasteiger partial charge in [0.15, 0.2) is 0 Å². The van der Waals surface area contributed by atoms with Gasteiger partial charge in [-0.25, -0.2) is 18.2 Å². The molecule has 0 atom stereocenters. The van der Waals surface area contributed by atoms with Crippen LogP contribution in [0, 0.1) is 5.82 Å². The van der Waals surface area contributed by atoms with E-state index in [0.29, 0.717) is 22.0 Å². The van der Waals surface area contributed by atoms with Crippen LogP contribution in [0.2, 0.25) is 5.02 Å². The fourth-order valence-corrected chi connectivity index (χ4v) is 4.52. The number of carbonyl (C=O) groups is 1. The van der Waals surface area contributed by atoms with E-state index >= 15 is 0 Å². The first-order chi connectivity index (χ1) is 16.0. The van der Waals surface area contributed by atoms with Crippen LogP contribution in [0.4, 0.5) is 23.2 Å². The highest BCUT2D eigenvalue weighted by Gasteiger charge is 2.34. The first-order valence-corrected chi connectivity index (χ1v) is 11.3. The maximum absolute atomic E-state index is 13.3. The second-order valence-electron chi connectivity index (χ2n) is 6.83. The number of amides is 1. The van der Waals surface area contributed by atoms with Crippen LogP contribution in [-0.2, 0) is 21.0 Å². The average Bonchev–Trinajstić information content (AvgIpc) is 2.79. The van der Waals surface area contributed by atoms with Gasteiger partial charge in [-0.2, -0.15) is 18.3 Å². The summed E-state index contributed by atoms with van der Waals surface area (Å²) in [6.07, 6.45) is -3.59. The molecule has 34 heavy (non-hydrogen) atoms. The Morgan fingerprint density at radius 1 is 1.03 bits per heavy atom. The quantitative estimate of drug-likeness (QED) is 0.279. The molecule has 0 aromatic heterocycles. The normalized spacial score (nSPS) is 12.0. The summed E-state index contributed by atoms with van der Waals surface area (Å²) in [6.45, 7) is -0.918. The van der Waals surface area contributed by atoms with Crippen molar-refractivity contribution in [1.29, 1.82) is 0 Å². The van der Waals surface area contributed by atoms with Crippen LogP contribution < -0.4 is 9.73 Å². The zero-order valence-corrected chi connectivity index (χ0v) is 18.7. The summed E-state index contributed by atoms with van der Waals surface area (Å²) in [7, 11) is -4.49. The molecule has 3 aromatic rings. The zero-order valence-electron chi connectivity index (χ0n) is 17.1. The van der Waals surface area contributed by atoms with Gasteiger partial charge in [-0.15, -0.1) is 0 Å². The maximum atomic E-state index is 13.3. The minimum absolute atomic E-state index is 0.258. The third-order valence-corrected chi connectivity index (χ3v) is 6.53. The molecule has 0 spiro atoms. The number of anilines is 1. The molecule has 6 nitrogen and oxygen atoms in total. The van der Waals surface area contributed by atoms with Gasteiger partial charge < -0.3 is 0 Å². The SMILES string of the molecule is O=C(CN(c1cc(C(F)(F)F)ccc1Cl)S(=O)(=O)c1ccccc1)N/N=C\c1ccc(F)cc1. The van der Waals surface area contributed by atoms with Crippen molar-refractivity contribution >= 4 is 39.4 Å². The molecule has 0 aliphatic rings. The minimum Gasteiger partial charge on any atom is -0.271 e. The van der Waals surface area contributed by atoms with Gasteiger partial charge in [0.1, 0.15) is 12.4 Å². The molecule has 3 aromatic carbocycles. The standard InChI is InChI=1S/C22H16ClF4N3O3S/c23-19-11-8-16(22(25,26)27)12-20(19)30(34(32,33)18-4-2-1-3-5-18)14-21(31)29-28-13-15-6-9-17(24)10-7-15/h1-13H,14H2,(H,29,31)/b28-13-. The summed E-state index contributed by atoms with van der Waals surface area (Å²) in [5.74, 6) is -1.42. The second kappa shape index (κ2) is 10.2. The lowest BCUT2D eigenvalue weighted by atomic mass is 10.2. The average molecular weight is 514 g/mol. The number of nitrogens with one attached hydrogen (secondary N) is 1. The predicted molar refractivity (Wildman–Crippen MR) is 120 cm³/mol. The Labute approximate surface area is 197 Å². The summed E-state index contributed by atoms with van der Waals surface area (Å²) < 4.78 is 79.7. The highest BCUT2D eigenvalue weighted by Crippen LogP contribution is 2.37. The van der Waals surface area contributed by atoms with E-state index in [2.05, 4.69) is 10.5 Å². The molecule has 0 unspecified atom stereocenters. The number of benzene rings is 3. The van der Waals surface area contributed by atoms with Crippen LogP contribution in [0.15, 0.2) is 82.8 Å². The van der Waals surface area contributed by atoms with Gasteiger partial charge in [0.25, 0.3) is 15.9 Å². The number of hydrogen-bond donors (Lipinski definition) is 1. The van der Waals surface area contributed by atoms with Crippen molar-refractivity contribution in [1.82, 2.24) is 5.43 Å². The molecular weight excluding hydrogens is 498 g/mol. The van der Waals surface area contributed by atoms with E-state index in [0.717, 1.165) is 6.07 Å². The fraction of sp³-hybridized carbons (Fsp3) is 0.0909. The Hall–Kier alpha value is -3.44. The Morgan fingerprint density at radius 2 is 1.68 bits per heavy atom. The van der Waals surface area contributed by atoms with Gasteiger partial charge in [-0.05, 0) is 48.0 Å². The first-order valence-electron chi connectivity index (χ1n) is 9.50. The van der Waals surface area contributed by atoms with Crippen molar-refractivity contribution in [2.45, 2.75) is 11.1 Å². The second-order valence-corrected chi connectivity index (χ2v) is 9.10. The van der Waals surface area contributed by atoms with Gasteiger partial charge in [-0.1, -0.05) is 41.9 Å². The maximum Gasteiger partial charge on any atom is 0.416 e. The number of hydrazone groups is 1. The largest absolute Gasteiger partial charge is 0.416 e. The van der Waals surface area contributed by atoms with E-state index in [4.69, 9.17) is 11.6 Å². The van der Waals surface area contributed by atoms with Crippen LogP contribution in [-0.4, -0.2) is 27.1 Å². The van der Waals surface area contributed by atoms with Crippen LogP contribution >= 0.6 is 11.6 Å². The smallest absolute Gasteiger partial charge is 0.271 e. The van der Waals surface area contributed by atoms with Crippen LogP contribution in [0.3, 0.4) is 0 Å². The molecule has 0 saturated heterocycles. The number of alkyl halides is 3. The Morgan fingerprint density at radius 3 is 2.29 bits per heavy atom. The van der Waals surface area contributed by atoms with Crippen LogP contribution in [0.1, 0.15) is 11.1 Å². The highest BCUT2D eigenvalue weighted by atomic mass is 35.5. The zero-order chi connectivity index (χ0) is 24.9. The van der Waals surface area contributed by atoms with Crippen molar-refractivity contribution in [3.8, 4) is 0 Å². The highest BCUT2D eigenvalue weighted by molar-refractivity contribution is 7.92. The molecule has 0 bridgehead atoms. The van der Waals surface area contributed by atoms with Crippen LogP contribution in [0.25, 0.3) is 0 Å². The number of rotatable bonds is 7. The molecule has 0 aliphatic carbocycles. The molecule has 1 N–H and O–H groups in total. The van der Waals surface area contributed by atoms with E-state index < -0.39 is 45.7 Å². The van der Waals surface area contributed by atoms with Gasteiger partial charge in [0.2, 0.25) is 0 Å². The van der Waals surface area contributed by atoms with Gasteiger partial charge >= 0.3 is 6.18 Å². The lowest BCUT2D eigenvalue weighted by Gasteiger charge is -2.25. The molecule has 0 aliphatic heterocycles. The number of carbonyl (C=O) groups excluding carboxylic acids is 1. The number of nitrogens with zero attached hydrogens (tertiary/aromatic N) is 2. The van der Waals surface area contributed by atoms with Crippen molar-refractivity contribution in [3.63, 3.8) is 0 Å². The molecule has 1 amide bonds. The van der Waals surface area contributed by atoms with E-state index in [-0.39, 0.29) is 9.92 Å². The van der Waals surface area contributed by atoms with Gasteiger partial charge in [0, 0.05) is 0 Å². The summed E-state index contributed by atoms with van der Waals surface area (Å²) in [4.78, 5) is 12.2. The summed E-state index contributed by atoms with van der Waals surface area (Å²) in [6, 6.07) is 14.1. The minimum atomic E-state index is -4.77.